The van der Waals surface area contributed by atoms with Gasteiger partial charge in [0.2, 0.25) is 0 Å². The highest BCUT2D eigenvalue weighted by Gasteiger charge is 2.35. The minimum absolute atomic E-state index is 0.185. The van der Waals surface area contributed by atoms with Gasteiger partial charge in [0, 0.05) is 24.7 Å². The van der Waals surface area contributed by atoms with E-state index in [0.717, 1.165) is 31.5 Å². The van der Waals surface area contributed by atoms with Gasteiger partial charge in [-0.1, -0.05) is 17.7 Å². The summed E-state index contributed by atoms with van der Waals surface area (Å²) in [6, 6.07) is 8.24. The Morgan fingerprint density at radius 2 is 1.68 bits per heavy atom. The van der Waals surface area contributed by atoms with Crippen LogP contribution in [0.5, 0.6) is 0 Å². The van der Waals surface area contributed by atoms with E-state index >= 15 is 0 Å². The SMILES string of the molecule is Cc1ccc(C(=O)N2CC3CC(N)CC(C3)C2)cc1. The molecule has 2 fully saturated rings. The number of piperidine rings is 1. The van der Waals surface area contributed by atoms with E-state index in [1.54, 1.807) is 0 Å². The topological polar surface area (TPSA) is 46.3 Å². The van der Waals surface area contributed by atoms with Crippen LogP contribution < -0.4 is 5.73 Å². The van der Waals surface area contributed by atoms with Crippen LogP contribution in [0.3, 0.4) is 0 Å². The zero-order valence-electron chi connectivity index (χ0n) is 11.5. The number of carbonyl (C=O) groups is 1. The number of fused-ring (bicyclic) bond motifs is 2. The summed E-state index contributed by atoms with van der Waals surface area (Å²) in [4.78, 5) is 14.6. The maximum Gasteiger partial charge on any atom is 0.253 e. The molecule has 1 amide bonds. The normalized spacial score (nSPS) is 30.2. The Hall–Kier alpha value is -1.35. The second-order valence-corrected chi connectivity index (χ2v) is 6.28. The Bertz CT molecular complexity index is 450. The third kappa shape index (κ3) is 2.66. The van der Waals surface area contributed by atoms with Crippen molar-refractivity contribution in [3.8, 4) is 0 Å². The Labute approximate surface area is 114 Å². The molecule has 3 heteroatoms. The van der Waals surface area contributed by atoms with Gasteiger partial charge in [-0.3, -0.25) is 4.79 Å². The van der Waals surface area contributed by atoms with Crippen LogP contribution in [0.4, 0.5) is 0 Å². The van der Waals surface area contributed by atoms with Crippen LogP contribution in [-0.4, -0.2) is 29.9 Å². The fraction of sp³-hybridized carbons (Fsp3) is 0.562. The van der Waals surface area contributed by atoms with Gasteiger partial charge < -0.3 is 10.6 Å². The number of hydrogen-bond donors (Lipinski definition) is 1. The summed E-state index contributed by atoms with van der Waals surface area (Å²) in [5.74, 6) is 1.40. The molecule has 0 radical (unpaired) electrons. The molecule has 2 atom stereocenters. The predicted octanol–water partition coefficient (Wildman–Crippen LogP) is 2.19. The average molecular weight is 258 g/mol. The lowest BCUT2D eigenvalue weighted by atomic mass is 9.75. The molecule has 3 rings (SSSR count). The molecule has 0 spiro atoms. The highest BCUT2D eigenvalue weighted by atomic mass is 16.2. The van der Waals surface area contributed by atoms with Gasteiger partial charge in [-0.15, -0.1) is 0 Å². The number of likely N-dealkylation sites (tertiary alicyclic amines) is 1. The maximum atomic E-state index is 12.5. The second kappa shape index (κ2) is 4.97. The largest absolute Gasteiger partial charge is 0.338 e. The minimum Gasteiger partial charge on any atom is -0.338 e. The van der Waals surface area contributed by atoms with Crippen molar-refractivity contribution in [1.82, 2.24) is 4.90 Å². The number of carbonyl (C=O) groups excluding carboxylic acids is 1. The van der Waals surface area contributed by atoms with Crippen LogP contribution in [-0.2, 0) is 0 Å². The van der Waals surface area contributed by atoms with Gasteiger partial charge in [0.25, 0.3) is 5.91 Å². The average Bonchev–Trinajstić information content (AvgIpc) is 2.37. The molecule has 3 nitrogen and oxygen atoms in total. The molecule has 102 valence electrons. The quantitative estimate of drug-likeness (QED) is 0.839. The molecular formula is C16H22N2O. The summed E-state index contributed by atoms with van der Waals surface area (Å²) in [5, 5.41) is 0. The first kappa shape index (κ1) is 12.7. The van der Waals surface area contributed by atoms with E-state index in [4.69, 9.17) is 5.73 Å². The van der Waals surface area contributed by atoms with E-state index in [2.05, 4.69) is 0 Å². The Balaban J connectivity index is 1.73. The van der Waals surface area contributed by atoms with Gasteiger partial charge in [-0.05, 0) is 50.2 Å². The van der Waals surface area contributed by atoms with Crippen LogP contribution in [0.15, 0.2) is 24.3 Å². The molecule has 19 heavy (non-hydrogen) atoms. The van der Waals surface area contributed by atoms with Crippen LogP contribution in [0.2, 0.25) is 0 Å². The van der Waals surface area contributed by atoms with Crippen LogP contribution in [0, 0.1) is 18.8 Å². The van der Waals surface area contributed by atoms with E-state index in [1.165, 1.54) is 12.0 Å². The molecule has 2 unspecified atom stereocenters. The molecule has 1 saturated carbocycles. The van der Waals surface area contributed by atoms with Crippen LogP contribution in [0.1, 0.15) is 35.2 Å². The smallest absolute Gasteiger partial charge is 0.253 e. The fourth-order valence-electron chi connectivity index (χ4n) is 3.66. The molecule has 2 aliphatic rings. The monoisotopic (exact) mass is 258 g/mol. The van der Waals surface area contributed by atoms with Crippen molar-refractivity contribution in [2.45, 2.75) is 32.2 Å². The third-order valence-corrected chi connectivity index (χ3v) is 4.48. The van der Waals surface area contributed by atoms with Crippen molar-refractivity contribution >= 4 is 5.91 Å². The number of aryl methyl sites for hydroxylation is 1. The zero-order chi connectivity index (χ0) is 13.4. The Morgan fingerprint density at radius 3 is 2.26 bits per heavy atom. The molecule has 1 aliphatic carbocycles. The molecule has 1 saturated heterocycles. The second-order valence-electron chi connectivity index (χ2n) is 6.28. The molecule has 1 aromatic carbocycles. The number of benzene rings is 1. The van der Waals surface area contributed by atoms with Gasteiger partial charge in [0.1, 0.15) is 0 Å². The zero-order valence-corrected chi connectivity index (χ0v) is 11.5. The molecule has 0 aromatic heterocycles. The number of nitrogens with zero attached hydrogens (tertiary/aromatic N) is 1. The summed E-state index contributed by atoms with van der Waals surface area (Å²) in [7, 11) is 0. The minimum atomic E-state index is 0.185. The van der Waals surface area contributed by atoms with E-state index < -0.39 is 0 Å². The summed E-state index contributed by atoms with van der Waals surface area (Å²) in [6.45, 7) is 3.81. The first-order valence-electron chi connectivity index (χ1n) is 7.23. The van der Waals surface area contributed by atoms with Gasteiger partial charge in [-0.25, -0.2) is 0 Å². The number of hydrogen-bond acceptors (Lipinski definition) is 2. The predicted molar refractivity (Wildman–Crippen MR) is 75.9 cm³/mol. The molecule has 1 aromatic rings. The van der Waals surface area contributed by atoms with Gasteiger partial charge in [-0.2, -0.15) is 0 Å². The van der Waals surface area contributed by atoms with Gasteiger partial charge in [0.15, 0.2) is 0 Å². The molecular weight excluding hydrogens is 236 g/mol. The highest BCUT2D eigenvalue weighted by Crippen LogP contribution is 2.34. The standard InChI is InChI=1S/C16H22N2O/c1-11-2-4-14(5-3-11)16(19)18-9-12-6-13(10-18)8-15(17)7-12/h2-5,12-13,15H,6-10,17H2,1H3. The lowest BCUT2D eigenvalue weighted by molar-refractivity contribution is 0.0475. The number of rotatable bonds is 1. The number of nitrogens with two attached hydrogens (primary N) is 1. The molecule has 2 N–H and O–H groups in total. The lowest BCUT2D eigenvalue weighted by Gasteiger charge is -2.43. The molecule has 2 bridgehead atoms. The summed E-state index contributed by atoms with van der Waals surface area (Å²) in [5.41, 5.74) is 8.08. The summed E-state index contributed by atoms with van der Waals surface area (Å²) in [6.07, 6.45) is 3.41. The first-order valence-corrected chi connectivity index (χ1v) is 7.23. The number of amides is 1. The van der Waals surface area contributed by atoms with E-state index in [0.29, 0.717) is 17.9 Å². The third-order valence-electron chi connectivity index (χ3n) is 4.48. The van der Waals surface area contributed by atoms with Crippen molar-refractivity contribution in [2.75, 3.05) is 13.1 Å². The van der Waals surface area contributed by atoms with Gasteiger partial charge in [0.05, 0.1) is 0 Å². The Morgan fingerprint density at radius 1 is 1.11 bits per heavy atom. The van der Waals surface area contributed by atoms with Crippen LogP contribution in [0.25, 0.3) is 0 Å². The van der Waals surface area contributed by atoms with Crippen molar-refractivity contribution < 1.29 is 4.79 Å². The first-order chi connectivity index (χ1) is 9.11. The van der Waals surface area contributed by atoms with Crippen molar-refractivity contribution in [1.29, 1.82) is 0 Å². The molecule has 1 heterocycles. The summed E-state index contributed by atoms with van der Waals surface area (Å²) < 4.78 is 0. The van der Waals surface area contributed by atoms with E-state index in [1.807, 2.05) is 36.1 Å². The lowest BCUT2D eigenvalue weighted by Crippen LogP contribution is -2.49. The van der Waals surface area contributed by atoms with E-state index in [9.17, 15) is 4.79 Å². The fourth-order valence-corrected chi connectivity index (χ4v) is 3.66. The highest BCUT2D eigenvalue weighted by molar-refractivity contribution is 5.94. The Kier molecular flexibility index (Phi) is 3.31. The summed E-state index contributed by atoms with van der Waals surface area (Å²) >= 11 is 0. The van der Waals surface area contributed by atoms with Crippen molar-refractivity contribution in [2.24, 2.45) is 17.6 Å². The van der Waals surface area contributed by atoms with Gasteiger partial charge >= 0.3 is 0 Å². The van der Waals surface area contributed by atoms with Crippen LogP contribution >= 0.6 is 0 Å². The van der Waals surface area contributed by atoms with E-state index in [-0.39, 0.29) is 5.91 Å². The maximum absolute atomic E-state index is 12.5. The van der Waals surface area contributed by atoms with Crippen molar-refractivity contribution in [3.63, 3.8) is 0 Å². The van der Waals surface area contributed by atoms with Crippen molar-refractivity contribution in [3.05, 3.63) is 35.4 Å². The molecule has 1 aliphatic heterocycles.